The van der Waals surface area contributed by atoms with Crippen molar-refractivity contribution >= 4 is 17.7 Å². The van der Waals surface area contributed by atoms with E-state index >= 15 is 0 Å². The lowest BCUT2D eigenvalue weighted by Crippen LogP contribution is -2.32. The molecule has 1 aromatic carbocycles. The number of esters is 1. The van der Waals surface area contributed by atoms with Crippen molar-refractivity contribution in [2.75, 3.05) is 25.4 Å². The molecule has 1 aliphatic heterocycles. The fraction of sp³-hybridized carbons (Fsp3) is 0.611. The van der Waals surface area contributed by atoms with Crippen LogP contribution in [0.5, 0.6) is 0 Å². The molecule has 1 saturated heterocycles. The smallest absolute Gasteiger partial charge is 0.323 e. The molecule has 3 nitrogen and oxygen atoms in total. The van der Waals surface area contributed by atoms with E-state index in [-0.39, 0.29) is 17.3 Å². The molecule has 0 amide bonds. The fourth-order valence-corrected chi connectivity index (χ4v) is 3.85. The van der Waals surface area contributed by atoms with Crippen LogP contribution in [0.1, 0.15) is 43.9 Å². The second-order valence-corrected chi connectivity index (χ2v) is 7.26. The zero-order valence-electron chi connectivity index (χ0n) is 13.7. The van der Waals surface area contributed by atoms with E-state index < -0.39 is 0 Å². The van der Waals surface area contributed by atoms with Gasteiger partial charge in [-0.2, -0.15) is 0 Å². The summed E-state index contributed by atoms with van der Waals surface area (Å²) in [7, 11) is 0. The number of hydrogen-bond donors (Lipinski definition) is 0. The Labute approximate surface area is 138 Å². The maximum Gasteiger partial charge on any atom is 0.323 e. The van der Waals surface area contributed by atoms with Gasteiger partial charge in [-0.15, -0.1) is 11.8 Å². The Balaban J connectivity index is 1.91. The maximum absolute atomic E-state index is 12.4. The van der Waals surface area contributed by atoms with Gasteiger partial charge in [-0.05, 0) is 45.3 Å². The Hall–Kier alpha value is -1.00. The molecule has 0 radical (unpaired) electrons. The Bertz CT molecular complexity index is 444. The molecule has 1 aliphatic rings. The third-order valence-corrected chi connectivity index (χ3v) is 5.03. The lowest BCUT2D eigenvalue weighted by Gasteiger charge is -2.27. The van der Waals surface area contributed by atoms with Crippen LogP contribution in [0, 0.1) is 0 Å². The van der Waals surface area contributed by atoms with E-state index in [1.165, 1.54) is 32.4 Å². The molecule has 1 fully saturated rings. The molecule has 1 heterocycles. The SMILES string of the molecule is CC(C)OC(=O)C(SCCN1CCCCC1)c1ccccc1. The highest BCUT2D eigenvalue weighted by molar-refractivity contribution is 8.00. The zero-order chi connectivity index (χ0) is 15.8. The summed E-state index contributed by atoms with van der Waals surface area (Å²) in [5, 5.41) is -0.214. The minimum Gasteiger partial charge on any atom is -0.462 e. The average molecular weight is 321 g/mol. The number of likely N-dealkylation sites (tertiary alicyclic amines) is 1. The molecular formula is C18H27NO2S. The molecule has 0 bridgehead atoms. The van der Waals surface area contributed by atoms with E-state index in [4.69, 9.17) is 4.74 Å². The predicted octanol–water partition coefficient (Wildman–Crippen LogP) is 3.90. The van der Waals surface area contributed by atoms with E-state index in [0.717, 1.165) is 17.9 Å². The zero-order valence-corrected chi connectivity index (χ0v) is 14.5. The van der Waals surface area contributed by atoms with Crippen LogP contribution in [-0.2, 0) is 9.53 Å². The highest BCUT2D eigenvalue weighted by Gasteiger charge is 2.23. The van der Waals surface area contributed by atoms with Gasteiger partial charge < -0.3 is 9.64 Å². The van der Waals surface area contributed by atoms with Gasteiger partial charge in [0, 0.05) is 12.3 Å². The van der Waals surface area contributed by atoms with Gasteiger partial charge >= 0.3 is 5.97 Å². The highest BCUT2D eigenvalue weighted by Crippen LogP contribution is 2.30. The average Bonchev–Trinajstić information content (AvgIpc) is 2.52. The van der Waals surface area contributed by atoms with Crippen LogP contribution in [0.15, 0.2) is 30.3 Å². The fourth-order valence-electron chi connectivity index (χ4n) is 2.70. The van der Waals surface area contributed by atoms with E-state index in [1.807, 2.05) is 44.2 Å². The number of hydrogen-bond acceptors (Lipinski definition) is 4. The Morgan fingerprint density at radius 3 is 2.50 bits per heavy atom. The maximum atomic E-state index is 12.4. The lowest BCUT2D eigenvalue weighted by molar-refractivity contribution is -0.146. The van der Waals surface area contributed by atoms with Crippen LogP contribution in [0.25, 0.3) is 0 Å². The number of ether oxygens (including phenoxy) is 1. The van der Waals surface area contributed by atoms with E-state index in [2.05, 4.69) is 4.90 Å². The van der Waals surface area contributed by atoms with Crippen molar-refractivity contribution in [3.8, 4) is 0 Å². The third kappa shape index (κ3) is 5.65. The standard InChI is InChI=1S/C18H27NO2S/c1-15(2)21-18(20)17(16-9-5-3-6-10-16)22-14-13-19-11-7-4-8-12-19/h3,5-6,9-10,15,17H,4,7-8,11-14H2,1-2H3. The van der Waals surface area contributed by atoms with Crippen LogP contribution < -0.4 is 0 Å². The normalized spacial score (nSPS) is 17.4. The van der Waals surface area contributed by atoms with Crippen LogP contribution in [-0.4, -0.2) is 42.4 Å². The number of thioether (sulfide) groups is 1. The van der Waals surface area contributed by atoms with Crippen LogP contribution in [0.4, 0.5) is 0 Å². The first-order valence-electron chi connectivity index (χ1n) is 8.26. The molecule has 0 aromatic heterocycles. The van der Waals surface area contributed by atoms with Gasteiger partial charge in [0.15, 0.2) is 0 Å². The second-order valence-electron chi connectivity index (χ2n) is 6.05. The van der Waals surface area contributed by atoms with Gasteiger partial charge in [-0.3, -0.25) is 4.79 Å². The second kappa shape index (κ2) is 9.21. The van der Waals surface area contributed by atoms with Crippen LogP contribution in [0.2, 0.25) is 0 Å². The molecule has 22 heavy (non-hydrogen) atoms. The Morgan fingerprint density at radius 1 is 1.18 bits per heavy atom. The predicted molar refractivity (Wildman–Crippen MR) is 93.2 cm³/mol. The minimum absolute atomic E-state index is 0.0681. The molecule has 1 unspecified atom stereocenters. The topological polar surface area (TPSA) is 29.5 Å². The van der Waals surface area contributed by atoms with Crippen molar-refractivity contribution in [2.24, 2.45) is 0 Å². The quantitative estimate of drug-likeness (QED) is 0.712. The van der Waals surface area contributed by atoms with Crippen molar-refractivity contribution in [1.82, 2.24) is 4.90 Å². The van der Waals surface area contributed by atoms with Crippen molar-refractivity contribution in [3.63, 3.8) is 0 Å². The molecule has 2 rings (SSSR count). The molecule has 4 heteroatoms. The first kappa shape index (κ1) is 17.4. The third-order valence-electron chi connectivity index (χ3n) is 3.81. The van der Waals surface area contributed by atoms with E-state index in [9.17, 15) is 4.79 Å². The molecule has 0 aliphatic carbocycles. The van der Waals surface area contributed by atoms with Gasteiger partial charge in [-0.1, -0.05) is 36.8 Å². The van der Waals surface area contributed by atoms with Crippen LogP contribution in [0.3, 0.4) is 0 Å². The Kier molecular flexibility index (Phi) is 7.26. The number of nitrogens with zero attached hydrogens (tertiary/aromatic N) is 1. The minimum atomic E-state index is -0.214. The lowest BCUT2D eigenvalue weighted by atomic mass is 10.1. The number of carbonyl (C=O) groups excluding carboxylic acids is 1. The number of piperidine rings is 1. The summed E-state index contributed by atoms with van der Waals surface area (Å²) in [4.78, 5) is 14.9. The van der Waals surface area contributed by atoms with Gasteiger partial charge in [0.25, 0.3) is 0 Å². The first-order valence-corrected chi connectivity index (χ1v) is 9.31. The molecule has 1 atom stereocenters. The van der Waals surface area contributed by atoms with Crippen molar-refractivity contribution < 1.29 is 9.53 Å². The number of rotatable bonds is 7. The summed E-state index contributed by atoms with van der Waals surface area (Å²) in [6, 6.07) is 9.97. The molecule has 1 aromatic rings. The summed E-state index contributed by atoms with van der Waals surface area (Å²) in [6.45, 7) is 7.26. The first-order chi connectivity index (χ1) is 10.7. The monoisotopic (exact) mass is 321 g/mol. The number of carbonyl (C=O) groups is 1. The molecule has 0 N–H and O–H groups in total. The van der Waals surface area contributed by atoms with E-state index in [0.29, 0.717) is 0 Å². The van der Waals surface area contributed by atoms with Gasteiger partial charge in [0.2, 0.25) is 0 Å². The summed E-state index contributed by atoms with van der Waals surface area (Å²) < 4.78 is 5.44. The highest BCUT2D eigenvalue weighted by atomic mass is 32.2. The summed E-state index contributed by atoms with van der Waals surface area (Å²) >= 11 is 1.70. The van der Waals surface area contributed by atoms with Crippen LogP contribution >= 0.6 is 11.8 Å². The molecule has 0 spiro atoms. The van der Waals surface area contributed by atoms with Crippen molar-refractivity contribution in [1.29, 1.82) is 0 Å². The van der Waals surface area contributed by atoms with Gasteiger partial charge in [0.05, 0.1) is 6.10 Å². The molecular weight excluding hydrogens is 294 g/mol. The summed E-state index contributed by atoms with van der Waals surface area (Å²) in [5.74, 6) is 0.845. The molecule has 122 valence electrons. The van der Waals surface area contributed by atoms with Gasteiger partial charge in [-0.25, -0.2) is 0 Å². The van der Waals surface area contributed by atoms with Crippen molar-refractivity contribution in [3.05, 3.63) is 35.9 Å². The molecule has 0 saturated carbocycles. The van der Waals surface area contributed by atoms with E-state index in [1.54, 1.807) is 11.8 Å². The summed E-state index contributed by atoms with van der Waals surface area (Å²) in [5.41, 5.74) is 1.04. The number of benzene rings is 1. The van der Waals surface area contributed by atoms with Crippen molar-refractivity contribution in [2.45, 2.75) is 44.5 Å². The summed E-state index contributed by atoms with van der Waals surface area (Å²) in [6.07, 6.45) is 3.91. The Morgan fingerprint density at radius 2 is 1.86 bits per heavy atom. The van der Waals surface area contributed by atoms with Gasteiger partial charge in [0.1, 0.15) is 5.25 Å². The largest absolute Gasteiger partial charge is 0.462 e.